The van der Waals surface area contributed by atoms with Crippen molar-refractivity contribution in [2.24, 2.45) is 0 Å². The minimum Gasteiger partial charge on any atom is -0.448 e. The minimum atomic E-state index is -0.173. The fourth-order valence-corrected chi connectivity index (χ4v) is 2.17. The highest BCUT2D eigenvalue weighted by atomic mass is 79.9. The van der Waals surface area contributed by atoms with Crippen molar-refractivity contribution in [3.8, 4) is 0 Å². The van der Waals surface area contributed by atoms with Gasteiger partial charge < -0.3 is 4.74 Å². The van der Waals surface area contributed by atoms with Gasteiger partial charge in [0.2, 0.25) is 0 Å². The monoisotopic (exact) mass is 258 g/mol. The highest BCUT2D eigenvalue weighted by Crippen LogP contribution is 2.31. The Kier molecular flexibility index (Phi) is 2.60. The standard InChI is InChI=1S/C9H7BrO2S/c10-7-3-1-6(2-4-7)8-5-13-9(11)12-8/h1-4,8H,5H2/t8-/m1/s1. The number of hydrogen-bond acceptors (Lipinski definition) is 3. The zero-order valence-electron chi connectivity index (χ0n) is 6.70. The molecule has 0 amide bonds. The van der Waals surface area contributed by atoms with E-state index in [1.807, 2.05) is 24.3 Å². The van der Waals surface area contributed by atoms with Crippen molar-refractivity contribution >= 4 is 33.0 Å². The third-order valence-electron chi connectivity index (χ3n) is 1.83. The molecule has 0 radical (unpaired) electrons. The van der Waals surface area contributed by atoms with Crippen LogP contribution < -0.4 is 0 Å². The minimum absolute atomic E-state index is 0.0643. The van der Waals surface area contributed by atoms with Gasteiger partial charge in [0.25, 0.3) is 0 Å². The SMILES string of the molecule is O=C1O[C@@H](c2ccc(Br)cc2)CS1. The van der Waals surface area contributed by atoms with Gasteiger partial charge in [-0.05, 0) is 29.5 Å². The van der Waals surface area contributed by atoms with E-state index >= 15 is 0 Å². The van der Waals surface area contributed by atoms with E-state index in [1.54, 1.807) is 0 Å². The second-order valence-electron chi connectivity index (χ2n) is 2.72. The third kappa shape index (κ3) is 2.06. The maximum atomic E-state index is 10.8. The van der Waals surface area contributed by atoms with Gasteiger partial charge in [-0.15, -0.1) is 0 Å². The van der Waals surface area contributed by atoms with Crippen LogP contribution in [-0.4, -0.2) is 11.1 Å². The van der Waals surface area contributed by atoms with E-state index in [-0.39, 0.29) is 11.4 Å². The molecule has 1 atom stereocenters. The molecule has 1 saturated heterocycles. The summed E-state index contributed by atoms with van der Waals surface area (Å²) < 4.78 is 6.13. The van der Waals surface area contributed by atoms with Crippen LogP contribution in [0.1, 0.15) is 11.7 Å². The predicted molar refractivity (Wildman–Crippen MR) is 55.8 cm³/mol. The van der Waals surface area contributed by atoms with Gasteiger partial charge in [-0.2, -0.15) is 0 Å². The molecule has 0 aliphatic carbocycles. The lowest BCUT2D eigenvalue weighted by atomic mass is 10.1. The average Bonchev–Trinajstić information content (AvgIpc) is 2.53. The summed E-state index contributed by atoms with van der Waals surface area (Å²) in [6, 6.07) is 7.83. The summed E-state index contributed by atoms with van der Waals surface area (Å²) in [4.78, 5) is 10.8. The third-order valence-corrected chi connectivity index (χ3v) is 3.16. The first kappa shape index (κ1) is 9.09. The lowest BCUT2D eigenvalue weighted by molar-refractivity contribution is 0.145. The zero-order valence-corrected chi connectivity index (χ0v) is 9.10. The quantitative estimate of drug-likeness (QED) is 0.723. The topological polar surface area (TPSA) is 26.3 Å². The molecule has 0 N–H and O–H groups in total. The number of cyclic esters (lactones) is 1. The molecule has 2 rings (SSSR count). The maximum Gasteiger partial charge on any atom is 0.368 e. The summed E-state index contributed by atoms with van der Waals surface area (Å²) in [5.74, 6) is 0.723. The smallest absolute Gasteiger partial charge is 0.368 e. The number of ether oxygens (including phenoxy) is 1. The number of carbonyl (C=O) groups is 1. The molecule has 13 heavy (non-hydrogen) atoms. The molecule has 4 heteroatoms. The Morgan fingerprint density at radius 1 is 1.38 bits per heavy atom. The Morgan fingerprint density at radius 3 is 2.62 bits per heavy atom. The fraction of sp³-hybridized carbons (Fsp3) is 0.222. The fourth-order valence-electron chi connectivity index (χ4n) is 1.17. The van der Waals surface area contributed by atoms with Crippen molar-refractivity contribution in [3.05, 3.63) is 34.3 Å². The van der Waals surface area contributed by atoms with Crippen molar-refractivity contribution in [1.82, 2.24) is 0 Å². The number of benzene rings is 1. The van der Waals surface area contributed by atoms with Gasteiger partial charge in [0.15, 0.2) is 0 Å². The number of carbonyl (C=O) groups excluding carboxylic acids is 1. The summed E-state index contributed by atoms with van der Waals surface area (Å²) in [7, 11) is 0. The van der Waals surface area contributed by atoms with Gasteiger partial charge in [0.1, 0.15) is 6.10 Å². The van der Waals surface area contributed by atoms with Crippen LogP contribution in [0.2, 0.25) is 0 Å². The molecule has 0 saturated carbocycles. The van der Waals surface area contributed by atoms with Crippen molar-refractivity contribution in [2.75, 3.05) is 5.75 Å². The van der Waals surface area contributed by atoms with E-state index in [1.165, 1.54) is 11.8 Å². The highest BCUT2D eigenvalue weighted by Gasteiger charge is 2.25. The lowest BCUT2D eigenvalue weighted by Gasteiger charge is -2.07. The molecule has 1 aliphatic heterocycles. The second kappa shape index (κ2) is 3.72. The Hall–Kier alpha value is -0.480. The van der Waals surface area contributed by atoms with Gasteiger partial charge in [-0.3, -0.25) is 0 Å². The molecule has 1 fully saturated rings. The Balaban J connectivity index is 2.17. The van der Waals surface area contributed by atoms with E-state index in [0.717, 1.165) is 15.8 Å². The van der Waals surface area contributed by atoms with Crippen molar-refractivity contribution in [3.63, 3.8) is 0 Å². The molecule has 0 aromatic heterocycles. The molecular weight excluding hydrogens is 252 g/mol. The van der Waals surface area contributed by atoms with Crippen LogP contribution >= 0.6 is 27.7 Å². The Labute approximate surface area is 88.8 Å². The van der Waals surface area contributed by atoms with Gasteiger partial charge in [-0.1, -0.05) is 28.1 Å². The number of thioether (sulfide) groups is 1. The summed E-state index contributed by atoms with van der Waals surface area (Å²) in [5, 5.41) is -0.173. The number of halogens is 1. The summed E-state index contributed by atoms with van der Waals surface area (Å²) in [5.41, 5.74) is 1.06. The van der Waals surface area contributed by atoms with Crippen LogP contribution in [0.4, 0.5) is 4.79 Å². The van der Waals surface area contributed by atoms with Crippen LogP contribution in [0.25, 0.3) is 0 Å². The average molecular weight is 259 g/mol. The predicted octanol–water partition coefficient (Wildman–Crippen LogP) is 3.37. The number of hydrogen-bond donors (Lipinski definition) is 0. The molecule has 1 aromatic carbocycles. The molecule has 1 aromatic rings. The first-order valence-corrected chi connectivity index (χ1v) is 5.62. The van der Waals surface area contributed by atoms with Crippen molar-refractivity contribution in [2.45, 2.75) is 6.10 Å². The van der Waals surface area contributed by atoms with E-state index in [0.29, 0.717) is 0 Å². The Morgan fingerprint density at radius 2 is 2.08 bits per heavy atom. The maximum absolute atomic E-state index is 10.8. The molecule has 0 bridgehead atoms. The molecule has 0 unspecified atom stereocenters. The summed E-state index contributed by atoms with van der Waals surface area (Å²) in [6.45, 7) is 0. The summed E-state index contributed by atoms with van der Waals surface area (Å²) >= 11 is 4.58. The Bertz CT molecular complexity index is 323. The van der Waals surface area contributed by atoms with E-state index in [4.69, 9.17) is 4.74 Å². The van der Waals surface area contributed by atoms with Gasteiger partial charge >= 0.3 is 5.30 Å². The van der Waals surface area contributed by atoms with Crippen molar-refractivity contribution in [1.29, 1.82) is 0 Å². The highest BCUT2D eigenvalue weighted by molar-refractivity contribution is 9.10. The van der Waals surface area contributed by atoms with Gasteiger partial charge in [0, 0.05) is 10.2 Å². The van der Waals surface area contributed by atoms with E-state index < -0.39 is 0 Å². The van der Waals surface area contributed by atoms with E-state index in [9.17, 15) is 4.79 Å². The zero-order chi connectivity index (χ0) is 9.26. The van der Waals surface area contributed by atoms with Crippen LogP contribution in [0.15, 0.2) is 28.7 Å². The molecule has 2 nitrogen and oxygen atoms in total. The van der Waals surface area contributed by atoms with Crippen LogP contribution in [-0.2, 0) is 4.74 Å². The van der Waals surface area contributed by atoms with E-state index in [2.05, 4.69) is 15.9 Å². The number of rotatable bonds is 1. The molecule has 0 spiro atoms. The summed E-state index contributed by atoms with van der Waals surface area (Å²) in [6.07, 6.45) is -0.0643. The molecule has 1 heterocycles. The van der Waals surface area contributed by atoms with Gasteiger partial charge in [-0.25, -0.2) is 4.79 Å². The molecule has 1 aliphatic rings. The second-order valence-corrected chi connectivity index (χ2v) is 4.59. The lowest BCUT2D eigenvalue weighted by Crippen LogP contribution is -1.99. The first-order chi connectivity index (χ1) is 6.25. The normalized spacial score (nSPS) is 21.6. The van der Waals surface area contributed by atoms with Crippen molar-refractivity contribution < 1.29 is 9.53 Å². The van der Waals surface area contributed by atoms with Crippen LogP contribution in [0, 0.1) is 0 Å². The molecular formula is C9H7BrO2S. The first-order valence-electron chi connectivity index (χ1n) is 3.84. The van der Waals surface area contributed by atoms with Crippen LogP contribution in [0.3, 0.4) is 0 Å². The van der Waals surface area contributed by atoms with Gasteiger partial charge in [0.05, 0.1) is 0 Å². The largest absolute Gasteiger partial charge is 0.448 e. The van der Waals surface area contributed by atoms with Crippen LogP contribution in [0.5, 0.6) is 0 Å². The molecule has 68 valence electrons.